The van der Waals surface area contributed by atoms with Gasteiger partial charge in [-0.3, -0.25) is 18.9 Å². The minimum atomic E-state index is -6.11. The lowest BCUT2D eigenvalue weighted by Gasteiger charge is -2.26. The van der Waals surface area contributed by atoms with E-state index in [1.807, 2.05) is 4.98 Å². The molecule has 0 saturated carbocycles. The molecule has 0 aromatic carbocycles. The Bertz CT molecular complexity index is 1490. The standard InChI is InChI=1S/C13H16FN4O14P3/c1-2-13(21)8(19)6(4-29-34(25,26)32-35(27,28)31-33(22,23)24)30-11(13)18-3-5(14)7-9(18)16-12(15)17-10(7)20/h1,3,6,8,11,19,21H,4H2,(H,25,26)(H,27,28)(H2,22,23,24)(H3,15,16,17,20)/t6-,8+,11-,13?/m1/s1/i4D2. The number of nitrogens with zero attached hydrogens (tertiary/aromatic N) is 2. The van der Waals surface area contributed by atoms with Crippen LogP contribution in [0.25, 0.3) is 11.0 Å². The van der Waals surface area contributed by atoms with Gasteiger partial charge in [0.15, 0.2) is 23.3 Å². The number of fused-ring (bicyclic) bond motifs is 1. The maximum Gasteiger partial charge on any atom is 0.490 e. The van der Waals surface area contributed by atoms with Crippen LogP contribution in [0.1, 0.15) is 8.97 Å². The van der Waals surface area contributed by atoms with Gasteiger partial charge in [0.1, 0.15) is 17.6 Å². The number of terminal acetylenes is 1. The molecule has 2 aromatic rings. The monoisotopic (exact) mass is 566 g/mol. The molecule has 1 saturated heterocycles. The first-order valence-corrected chi connectivity index (χ1v) is 13.1. The molecule has 1 aliphatic heterocycles. The number of phosphoric acid groups is 3. The Balaban J connectivity index is 1.99. The highest BCUT2D eigenvalue weighted by Gasteiger charge is 2.56. The number of H-pyrrole nitrogens is 1. The van der Waals surface area contributed by atoms with Crippen LogP contribution in [0.4, 0.5) is 10.3 Å². The number of nitrogen functional groups attached to an aromatic ring is 1. The summed E-state index contributed by atoms with van der Waals surface area (Å²) < 4.78 is 81.2. The fourth-order valence-electron chi connectivity index (χ4n) is 2.94. The third kappa shape index (κ3) is 5.71. The molecule has 18 nitrogen and oxygen atoms in total. The number of hydrogen-bond acceptors (Lipinski definition) is 12. The van der Waals surface area contributed by atoms with Crippen LogP contribution in [0.2, 0.25) is 0 Å². The lowest BCUT2D eigenvalue weighted by atomic mass is 9.95. The van der Waals surface area contributed by atoms with Gasteiger partial charge in [0.25, 0.3) is 5.56 Å². The molecule has 194 valence electrons. The minimum absolute atomic E-state index is 0.529. The van der Waals surface area contributed by atoms with Crippen molar-refractivity contribution in [2.45, 2.75) is 24.0 Å². The number of aliphatic hydroxyl groups excluding tert-OH is 1. The van der Waals surface area contributed by atoms with Crippen molar-refractivity contribution in [3.05, 3.63) is 22.4 Å². The summed E-state index contributed by atoms with van der Waals surface area (Å²) in [7, 11) is -17.9. The summed E-state index contributed by atoms with van der Waals surface area (Å²) in [5.74, 6) is -0.0769. The summed E-state index contributed by atoms with van der Waals surface area (Å²) in [5, 5.41) is 20.7. The Labute approximate surface area is 195 Å². The molecule has 3 rings (SSSR count). The highest BCUT2D eigenvalue weighted by molar-refractivity contribution is 7.66. The van der Waals surface area contributed by atoms with E-state index in [1.165, 1.54) is 0 Å². The van der Waals surface area contributed by atoms with Crippen LogP contribution in [0.15, 0.2) is 11.0 Å². The molecule has 0 aliphatic carbocycles. The zero-order valence-corrected chi connectivity index (χ0v) is 19.2. The van der Waals surface area contributed by atoms with E-state index in [1.54, 1.807) is 5.92 Å². The minimum Gasteiger partial charge on any atom is -0.386 e. The predicted molar refractivity (Wildman–Crippen MR) is 108 cm³/mol. The number of hydrogen-bond donors (Lipinski definition) is 8. The summed E-state index contributed by atoms with van der Waals surface area (Å²) in [4.78, 5) is 53.7. The molecule has 9 N–H and O–H groups in total. The number of phosphoric ester groups is 1. The number of nitrogens with one attached hydrogen (secondary N) is 1. The number of aromatic amines is 1. The van der Waals surface area contributed by atoms with Gasteiger partial charge in [0, 0.05) is 6.20 Å². The largest absolute Gasteiger partial charge is 0.490 e. The van der Waals surface area contributed by atoms with Crippen molar-refractivity contribution >= 4 is 40.4 Å². The van der Waals surface area contributed by atoms with Crippen molar-refractivity contribution in [3.63, 3.8) is 0 Å². The molecule has 22 heteroatoms. The van der Waals surface area contributed by atoms with Gasteiger partial charge in [-0.15, -0.1) is 6.42 Å². The van der Waals surface area contributed by atoms with E-state index < -0.39 is 82.4 Å². The molecular formula is C13H16FN4O14P3. The molecular weight excluding hydrogens is 548 g/mol. The van der Waals surface area contributed by atoms with Gasteiger partial charge >= 0.3 is 23.5 Å². The van der Waals surface area contributed by atoms with Gasteiger partial charge < -0.3 is 40.3 Å². The van der Waals surface area contributed by atoms with Crippen molar-refractivity contribution in [2.75, 3.05) is 12.3 Å². The van der Waals surface area contributed by atoms with Crippen molar-refractivity contribution < 1.29 is 68.5 Å². The summed E-state index contributed by atoms with van der Waals surface area (Å²) >= 11 is 0. The average Bonchev–Trinajstić information content (AvgIpc) is 3.12. The van der Waals surface area contributed by atoms with Crippen LogP contribution in [0, 0.1) is 18.2 Å². The lowest BCUT2D eigenvalue weighted by molar-refractivity contribution is -0.0717. The molecule has 1 fully saturated rings. The van der Waals surface area contributed by atoms with E-state index in [0.717, 1.165) is 0 Å². The molecule has 2 aromatic heterocycles. The second kappa shape index (κ2) is 9.14. The van der Waals surface area contributed by atoms with Gasteiger partial charge in [-0.25, -0.2) is 18.1 Å². The van der Waals surface area contributed by atoms with Gasteiger partial charge in [0.2, 0.25) is 5.95 Å². The van der Waals surface area contributed by atoms with Gasteiger partial charge in [0.05, 0.1) is 9.30 Å². The molecule has 3 unspecified atom stereocenters. The Kier molecular flexibility index (Phi) is 6.45. The topological polar surface area (TPSA) is 286 Å². The van der Waals surface area contributed by atoms with E-state index in [-0.39, 0.29) is 0 Å². The number of halogens is 1. The zero-order chi connectivity index (χ0) is 28.4. The van der Waals surface area contributed by atoms with Gasteiger partial charge in [-0.2, -0.15) is 13.6 Å². The Morgan fingerprint density at radius 2 is 1.97 bits per heavy atom. The smallest absolute Gasteiger partial charge is 0.386 e. The predicted octanol–water partition coefficient (Wildman–Crippen LogP) is -1.59. The number of ether oxygens (including phenoxy) is 1. The normalized spacial score (nSPS) is 29.7. The van der Waals surface area contributed by atoms with Crippen molar-refractivity contribution in [3.8, 4) is 12.3 Å². The third-order valence-electron chi connectivity index (χ3n) is 4.23. The van der Waals surface area contributed by atoms with Gasteiger partial charge in [-0.1, -0.05) is 5.92 Å². The molecule has 6 atom stereocenters. The summed E-state index contributed by atoms with van der Waals surface area (Å²) in [6.07, 6.45) is -1.47. The van der Waals surface area contributed by atoms with E-state index in [9.17, 15) is 42.9 Å². The fourth-order valence-corrected chi connectivity index (χ4v) is 5.82. The summed E-state index contributed by atoms with van der Waals surface area (Å²) in [6.45, 7) is -3.75. The molecule has 1 aliphatic rings. The van der Waals surface area contributed by atoms with Gasteiger partial charge in [-0.05, 0) is 0 Å². The zero-order valence-electron chi connectivity index (χ0n) is 18.5. The highest BCUT2D eigenvalue weighted by Crippen LogP contribution is 2.66. The molecule has 0 spiro atoms. The number of aromatic nitrogens is 3. The van der Waals surface area contributed by atoms with Crippen molar-refractivity contribution in [2.24, 2.45) is 0 Å². The summed E-state index contributed by atoms with van der Waals surface area (Å²) in [6, 6.07) is 0. The van der Waals surface area contributed by atoms with Crippen LogP contribution in [0.3, 0.4) is 0 Å². The first-order valence-electron chi connectivity index (χ1n) is 9.56. The van der Waals surface area contributed by atoms with Crippen LogP contribution < -0.4 is 11.3 Å². The quantitative estimate of drug-likeness (QED) is 0.132. The third-order valence-corrected chi connectivity index (χ3v) is 7.89. The highest BCUT2D eigenvalue weighted by atomic mass is 31.3. The number of anilines is 1. The Morgan fingerprint density at radius 3 is 2.54 bits per heavy atom. The second-order valence-corrected chi connectivity index (χ2v) is 11.0. The number of rotatable bonds is 8. The summed E-state index contributed by atoms with van der Waals surface area (Å²) in [5.41, 5.74) is 0.817. The lowest BCUT2D eigenvalue weighted by Crippen LogP contribution is -2.45. The van der Waals surface area contributed by atoms with Crippen LogP contribution >= 0.6 is 23.5 Å². The first kappa shape index (κ1) is 24.7. The average molecular weight is 566 g/mol. The molecule has 3 heterocycles. The maximum atomic E-state index is 14.5. The van der Waals surface area contributed by atoms with Crippen LogP contribution in [-0.2, 0) is 31.6 Å². The van der Waals surface area contributed by atoms with E-state index >= 15 is 0 Å². The second-order valence-electron chi connectivity index (χ2n) is 6.66. The van der Waals surface area contributed by atoms with E-state index in [2.05, 4.69) is 18.1 Å². The first-order chi connectivity index (χ1) is 16.6. The number of nitrogens with two attached hydrogens (primary N) is 1. The molecule has 0 amide bonds. The Hall–Kier alpha value is -2.00. The van der Waals surface area contributed by atoms with E-state index in [4.69, 9.17) is 29.4 Å². The van der Waals surface area contributed by atoms with E-state index in [0.29, 0.717) is 10.8 Å². The van der Waals surface area contributed by atoms with Crippen LogP contribution in [0.5, 0.6) is 0 Å². The molecule has 0 bridgehead atoms. The van der Waals surface area contributed by atoms with Crippen molar-refractivity contribution in [1.82, 2.24) is 14.5 Å². The molecule has 35 heavy (non-hydrogen) atoms. The SMILES string of the molecule is [2H]C([2H])(OP(=O)(O)OP(=O)(O)OP(=O)(O)O)[C@H]1O[C@@H](n2cc(F)c3c(=O)[nH]c(N)nc32)C(O)(C#C)[C@H]1O. The van der Waals surface area contributed by atoms with Crippen molar-refractivity contribution in [1.29, 1.82) is 0 Å². The van der Waals surface area contributed by atoms with Crippen LogP contribution in [-0.4, -0.2) is 68.7 Å². The Morgan fingerprint density at radius 1 is 1.34 bits per heavy atom. The molecule has 0 radical (unpaired) electrons. The maximum absolute atomic E-state index is 14.5. The number of aliphatic hydroxyl groups is 2. The fraction of sp³-hybridized carbons (Fsp3) is 0.385.